The van der Waals surface area contributed by atoms with E-state index >= 15 is 0 Å². The molecule has 0 fully saturated rings. The number of rotatable bonds is 3. The minimum absolute atomic E-state index is 0.0787. The molecule has 1 N–H and O–H groups in total. The van der Waals surface area contributed by atoms with Crippen LogP contribution in [0.3, 0.4) is 0 Å². The Kier molecular flexibility index (Phi) is 4.36. The van der Waals surface area contributed by atoms with E-state index in [2.05, 4.69) is 10.1 Å². The van der Waals surface area contributed by atoms with Crippen molar-refractivity contribution < 1.29 is 18.8 Å². The Balaban J connectivity index is 2.15. The quantitative estimate of drug-likeness (QED) is 0.732. The number of aromatic nitrogens is 2. The molecule has 1 heterocycles. The van der Waals surface area contributed by atoms with Crippen LogP contribution in [0.2, 0.25) is 0 Å². The fourth-order valence-electron chi connectivity index (χ4n) is 3.15. The number of hydrogen-bond acceptors (Lipinski definition) is 4. The molecule has 6 heteroatoms. The standard InChI is InChI=1S/C20H19FN2O3/c1-9-6-7-14(13(5)15(9)20(24)25)18-22-19(26-23-18)16-11(3)8-10(2)12(4)17(16)21/h6-8H,1-5H3,(H,24,25). The molecule has 134 valence electrons. The van der Waals surface area contributed by atoms with E-state index < -0.39 is 5.97 Å². The number of halogens is 1. The maximum absolute atomic E-state index is 14.7. The van der Waals surface area contributed by atoms with E-state index in [1.54, 1.807) is 39.8 Å². The minimum Gasteiger partial charge on any atom is -0.478 e. The second-order valence-electron chi connectivity index (χ2n) is 6.48. The van der Waals surface area contributed by atoms with Crippen LogP contribution in [-0.4, -0.2) is 21.2 Å². The van der Waals surface area contributed by atoms with E-state index in [9.17, 15) is 14.3 Å². The molecule has 0 bridgehead atoms. The summed E-state index contributed by atoms with van der Waals surface area (Å²) in [7, 11) is 0. The van der Waals surface area contributed by atoms with E-state index in [0.29, 0.717) is 27.8 Å². The summed E-state index contributed by atoms with van der Waals surface area (Å²) < 4.78 is 20.0. The van der Waals surface area contributed by atoms with Crippen LogP contribution in [0.15, 0.2) is 22.7 Å². The zero-order chi connectivity index (χ0) is 19.2. The Morgan fingerprint density at radius 1 is 1.04 bits per heavy atom. The minimum atomic E-state index is -1.01. The fourth-order valence-corrected chi connectivity index (χ4v) is 3.15. The molecule has 0 unspecified atom stereocenters. The molecule has 26 heavy (non-hydrogen) atoms. The van der Waals surface area contributed by atoms with E-state index in [1.807, 2.05) is 13.0 Å². The molecule has 5 nitrogen and oxygen atoms in total. The second-order valence-corrected chi connectivity index (χ2v) is 6.48. The third-order valence-electron chi connectivity index (χ3n) is 4.74. The first-order valence-corrected chi connectivity index (χ1v) is 8.16. The van der Waals surface area contributed by atoms with Gasteiger partial charge in [0, 0.05) is 5.56 Å². The Hall–Kier alpha value is -3.02. The fraction of sp³-hybridized carbons (Fsp3) is 0.250. The topological polar surface area (TPSA) is 76.2 Å². The molecule has 3 aromatic rings. The zero-order valence-corrected chi connectivity index (χ0v) is 15.3. The summed E-state index contributed by atoms with van der Waals surface area (Å²) in [5.74, 6) is -1.09. The molecule has 1 aromatic heterocycles. The normalized spacial score (nSPS) is 11.0. The van der Waals surface area contributed by atoms with Gasteiger partial charge in [0.25, 0.3) is 5.89 Å². The molecule has 0 amide bonds. The maximum Gasteiger partial charge on any atom is 0.336 e. The monoisotopic (exact) mass is 354 g/mol. The highest BCUT2D eigenvalue weighted by Crippen LogP contribution is 2.32. The highest BCUT2D eigenvalue weighted by molar-refractivity contribution is 5.93. The number of carboxylic acids is 1. The number of nitrogens with zero attached hydrogens (tertiary/aromatic N) is 2. The molecule has 0 saturated carbocycles. The van der Waals surface area contributed by atoms with Crippen molar-refractivity contribution in [3.05, 3.63) is 57.4 Å². The van der Waals surface area contributed by atoms with Crippen LogP contribution < -0.4 is 0 Å². The van der Waals surface area contributed by atoms with Gasteiger partial charge in [0.2, 0.25) is 5.82 Å². The maximum atomic E-state index is 14.7. The van der Waals surface area contributed by atoms with Crippen molar-refractivity contribution in [1.29, 1.82) is 0 Å². The van der Waals surface area contributed by atoms with Crippen LogP contribution in [0, 0.1) is 40.4 Å². The van der Waals surface area contributed by atoms with Gasteiger partial charge in [0.05, 0.1) is 11.1 Å². The number of aromatic carboxylic acids is 1. The van der Waals surface area contributed by atoms with Gasteiger partial charge in [-0.2, -0.15) is 4.98 Å². The Morgan fingerprint density at radius 3 is 2.38 bits per heavy atom. The lowest BCUT2D eigenvalue weighted by Crippen LogP contribution is -2.04. The average molecular weight is 354 g/mol. The first kappa shape index (κ1) is 17.8. The van der Waals surface area contributed by atoms with Crippen LogP contribution in [0.25, 0.3) is 22.8 Å². The third-order valence-corrected chi connectivity index (χ3v) is 4.74. The van der Waals surface area contributed by atoms with Crippen molar-refractivity contribution in [2.24, 2.45) is 0 Å². The van der Waals surface area contributed by atoms with Gasteiger partial charge >= 0.3 is 5.97 Å². The van der Waals surface area contributed by atoms with Crippen LogP contribution >= 0.6 is 0 Å². The highest BCUT2D eigenvalue weighted by Gasteiger charge is 2.22. The van der Waals surface area contributed by atoms with Gasteiger partial charge in [-0.05, 0) is 62.4 Å². The smallest absolute Gasteiger partial charge is 0.336 e. The molecule has 0 spiro atoms. The first-order chi connectivity index (χ1) is 12.2. The Morgan fingerprint density at radius 2 is 1.73 bits per heavy atom. The number of benzene rings is 2. The third kappa shape index (κ3) is 2.77. The molecule has 0 aliphatic carbocycles. The molecule has 0 aliphatic heterocycles. The van der Waals surface area contributed by atoms with Crippen LogP contribution in [-0.2, 0) is 0 Å². The van der Waals surface area contributed by atoms with Gasteiger partial charge in [-0.3, -0.25) is 0 Å². The van der Waals surface area contributed by atoms with Gasteiger partial charge < -0.3 is 9.63 Å². The first-order valence-electron chi connectivity index (χ1n) is 8.16. The average Bonchev–Trinajstić information content (AvgIpc) is 3.01. The molecular weight excluding hydrogens is 335 g/mol. The van der Waals surface area contributed by atoms with Crippen LogP contribution in [0.5, 0.6) is 0 Å². The van der Waals surface area contributed by atoms with E-state index in [4.69, 9.17) is 4.52 Å². The van der Waals surface area contributed by atoms with E-state index in [0.717, 1.165) is 5.56 Å². The summed E-state index contributed by atoms with van der Waals surface area (Å²) in [4.78, 5) is 15.8. The van der Waals surface area contributed by atoms with Crippen molar-refractivity contribution in [1.82, 2.24) is 10.1 Å². The van der Waals surface area contributed by atoms with Crippen molar-refractivity contribution in [2.45, 2.75) is 34.6 Å². The molecule has 2 aromatic carbocycles. The van der Waals surface area contributed by atoms with Gasteiger partial charge in [0.15, 0.2) is 0 Å². The molecule has 0 saturated heterocycles. The van der Waals surface area contributed by atoms with Gasteiger partial charge in [-0.25, -0.2) is 9.18 Å². The van der Waals surface area contributed by atoms with Crippen LogP contribution in [0.1, 0.15) is 38.2 Å². The van der Waals surface area contributed by atoms with E-state index in [1.165, 1.54) is 0 Å². The van der Waals surface area contributed by atoms with E-state index in [-0.39, 0.29) is 28.7 Å². The number of hydrogen-bond donors (Lipinski definition) is 1. The predicted molar refractivity (Wildman–Crippen MR) is 95.8 cm³/mol. The van der Waals surface area contributed by atoms with Crippen molar-refractivity contribution in [3.8, 4) is 22.8 Å². The summed E-state index contributed by atoms with van der Waals surface area (Å²) in [5, 5.41) is 13.4. The summed E-state index contributed by atoms with van der Waals surface area (Å²) >= 11 is 0. The number of carbonyl (C=O) groups is 1. The lowest BCUT2D eigenvalue weighted by Gasteiger charge is -2.09. The second kappa shape index (κ2) is 6.37. The van der Waals surface area contributed by atoms with Crippen molar-refractivity contribution >= 4 is 5.97 Å². The zero-order valence-electron chi connectivity index (χ0n) is 15.3. The Bertz CT molecular complexity index is 1040. The predicted octanol–water partition coefficient (Wildman–Crippen LogP) is 4.78. The van der Waals surface area contributed by atoms with Gasteiger partial charge in [0.1, 0.15) is 5.82 Å². The summed E-state index contributed by atoms with van der Waals surface area (Å²) in [6, 6.07) is 5.32. The lowest BCUT2D eigenvalue weighted by atomic mass is 9.97. The summed E-state index contributed by atoms with van der Waals surface area (Å²) in [6.07, 6.45) is 0. The van der Waals surface area contributed by atoms with Crippen LogP contribution in [0.4, 0.5) is 4.39 Å². The van der Waals surface area contributed by atoms with Crippen molar-refractivity contribution in [2.75, 3.05) is 0 Å². The Labute approximate surface area is 150 Å². The molecule has 0 atom stereocenters. The lowest BCUT2D eigenvalue weighted by molar-refractivity contribution is 0.0695. The van der Waals surface area contributed by atoms with Gasteiger partial charge in [-0.15, -0.1) is 0 Å². The molecule has 3 rings (SSSR count). The summed E-state index contributed by atoms with van der Waals surface area (Å²) in [5.41, 5.74) is 4.31. The van der Waals surface area contributed by atoms with Crippen molar-refractivity contribution in [3.63, 3.8) is 0 Å². The summed E-state index contributed by atoms with van der Waals surface area (Å²) in [6.45, 7) is 8.76. The highest BCUT2D eigenvalue weighted by atomic mass is 19.1. The number of carboxylic acid groups (broad SMARTS) is 1. The largest absolute Gasteiger partial charge is 0.478 e. The number of aryl methyl sites for hydroxylation is 3. The molecule has 0 radical (unpaired) electrons. The molecule has 0 aliphatic rings. The SMILES string of the molecule is Cc1cc(C)c(-c2nc(-c3ccc(C)c(C(=O)O)c3C)no2)c(F)c1C. The van der Waals surface area contributed by atoms with Gasteiger partial charge in [-0.1, -0.05) is 23.4 Å². The molecular formula is C20H19FN2O3.